The number of non-ortho nitro benzene ring substituents is 2. The maximum absolute atomic E-state index is 13.2. The van der Waals surface area contributed by atoms with Crippen LogP contribution in [0.25, 0.3) is 0 Å². The number of nitro groups is 2. The molecule has 0 radical (unpaired) electrons. The van der Waals surface area contributed by atoms with Gasteiger partial charge in [-0.1, -0.05) is 24.3 Å². The number of halogens is 7. The molecule has 4 aromatic rings. The summed E-state index contributed by atoms with van der Waals surface area (Å²) in [4.78, 5) is 24.4. The lowest BCUT2D eigenvalue weighted by Crippen LogP contribution is -2.53. The minimum absolute atomic E-state index is 0.0180. The number of hydrogen-bond donors (Lipinski definition) is 1. The molecular formula is C46H51F7N4O8. The molecule has 0 aliphatic carbocycles. The molecule has 0 spiro atoms. The fraction of sp³-hybridized carbons (Fsp3) is 0.478. The van der Waals surface area contributed by atoms with Crippen LogP contribution >= 0.6 is 0 Å². The molecule has 352 valence electrons. The zero-order chi connectivity index (χ0) is 47.2. The first-order valence-corrected chi connectivity index (χ1v) is 21.3. The number of aliphatic hydroxyl groups is 1. The van der Waals surface area contributed by atoms with E-state index < -0.39 is 50.3 Å². The lowest BCUT2D eigenvalue weighted by atomic mass is 9.87. The van der Waals surface area contributed by atoms with E-state index in [4.69, 9.17) is 14.2 Å². The SMILES string of the molecule is CC1(O)C[C@H]2CC[C@@H](C1)N2CCOc1ccccc1C(F)(F)F.CC1(Oc2ccc([N+](=O)[O-])cc2)C[C@H]2CC[C@@H](C1)N2CCOc1ccccc1C(F)(F)F.O=[N+]([O-])c1ccc(F)cc1. The number of piperidine rings is 2. The number of para-hydroxylation sites is 2. The van der Waals surface area contributed by atoms with Crippen LogP contribution in [-0.4, -0.2) is 86.4 Å². The summed E-state index contributed by atoms with van der Waals surface area (Å²) in [6, 6.07) is 22.2. The largest absolute Gasteiger partial charge is 0.492 e. The summed E-state index contributed by atoms with van der Waals surface area (Å²) in [6.07, 6.45) is -1.76. The van der Waals surface area contributed by atoms with Gasteiger partial charge in [0, 0.05) is 74.4 Å². The highest BCUT2D eigenvalue weighted by molar-refractivity contribution is 5.38. The third-order valence-corrected chi connectivity index (χ3v) is 12.3. The number of hydrogen-bond acceptors (Lipinski definition) is 10. The second kappa shape index (κ2) is 20.3. The molecule has 0 saturated carbocycles. The van der Waals surface area contributed by atoms with Gasteiger partial charge in [0.15, 0.2) is 0 Å². The second-order valence-electron chi connectivity index (χ2n) is 17.3. The van der Waals surface area contributed by atoms with Gasteiger partial charge in [-0.25, -0.2) is 4.39 Å². The molecule has 4 aromatic carbocycles. The van der Waals surface area contributed by atoms with Gasteiger partial charge < -0.3 is 19.3 Å². The normalized spacial score (nSPS) is 25.1. The van der Waals surface area contributed by atoms with Gasteiger partial charge in [0.05, 0.1) is 26.6 Å². The van der Waals surface area contributed by atoms with E-state index in [1.807, 2.05) is 13.8 Å². The maximum Gasteiger partial charge on any atom is 0.419 e. The van der Waals surface area contributed by atoms with Crippen LogP contribution in [0.1, 0.15) is 76.3 Å². The Morgan fingerprint density at radius 1 is 0.615 bits per heavy atom. The molecule has 6 atom stereocenters. The Morgan fingerprint density at radius 2 is 0.985 bits per heavy atom. The van der Waals surface area contributed by atoms with E-state index in [1.165, 1.54) is 42.5 Å². The molecule has 65 heavy (non-hydrogen) atoms. The van der Waals surface area contributed by atoms with Gasteiger partial charge in [0.1, 0.15) is 41.9 Å². The van der Waals surface area contributed by atoms with Crippen LogP contribution in [0.3, 0.4) is 0 Å². The molecule has 19 heteroatoms. The van der Waals surface area contributed by atoms with Crippen molar-refractivity contribution in [3.63, 3.8) is 0 Å². The molecular weight excluding hydrogens is 870 g/mol. The molecule has 12 nitrogen and oxygen atoms in total. The number of alkyl halides is 6. The molecule has 8 rings (SSSR count). The van der Waals surface area contributed by atoms with Gasteiger partial charge in [-0.3, -0.25) is 30.0 Å². The van der Waals surface area contributed by atoms with Crippen LogP contribution in [0.4, 0.5) is 42.1 Å². The number of benzene rings is 4. The molecule has 4 saturated heterocycles. The average Bonchev–Trinajstić information content (AvgIpc) is 3.65. The molecule has 4 bridgehead atoms. The Balaban J connectivity index is 0.000000184. The molecule has 4 heterocycles. The first kappa shape index (κ1) is 48.9. The zero-order valence-electron chi connectivity index (χ0n) is 35.8. The summed E-state index contributed by atoms with van der Waals surface area (Å²) >= 11 is 0. The highest BCUT2D eigenvalue weighted by atomic mass is 19.4. The van der Waals surface area contributed by atoms with E-state index in [-0.39, 0.29) is 48.2 Å². The molecule has 4 fully saturated rings. The zero-order valence-corrected chi connectivity index (χ0v) is 35.8. The third kappa shape index (κ3) is 13.1. The summed E-state index contributed by atoms with van der Waals surface area (Å²) in [5.74, 6) is -0.129. The van der Waals surface area contributed by atoms with Crippen molar-refractivity contribution in [3.05, 3.63) is 134 Å². The van der Waals surface area contributed by atoms with E-state index in [2.05, 4.69) is 9.80 Å². The first-order chi connectivity index (χ1) is 30.6. The van der Waals surface area contributed by atoms with E-state index in [0.29, 0.717) is 30.9 Å². The number of nitrogens with zero attached hydrogens (tertiary/aromatic N) is 4. The molecule has 1 N–H and O–H groups in total. The smallest absolute Gasteiger partial charge is 0.419 e. The lowest BCUT2D eigenvalue weighted by molar-refractivity contribution is -0.385. The molecule has 2 unspecified atom stereocenters. The summed E-state index contributed by atoms with van der Waals surface area (Å²) in [6.45, 7) is 5.47. The Bertz CT molecular complexity index is 2200. The predicted octanol–water partition coefficient (Wildman–Crippen LogP) is 10.7. The van der Waals surface area contributed by atoms with Crippen molar-refractivity contribution in [2.45, 2.75) is 113 Å². The van der Waals surface area contributed by atoms with E-state index in [1.54, 1.807) is 18.2 Å². The number of nitro benzene ring substituents is 2. The third-order valence-electron chi connectivity index (χ3n) is 12.3. The number of rotatable bonds is 12. The van der Waals surface area contributed by atoms with Crippen molar-refractivity contribution < 1.29 is 59.9 Å². The van der Waals surface area contributed by atoms with Gasteiger partial charge in [-0.2, -0.15) is 26.3 Å². The summed E-state index contributed by atoms with van der Waals surface area (Å²) in [5, 5.41) is 31.0. The molecule has 4 aliphatic heterocycles. The average molecular weight is 921 g/mol. The van der Waals surface area contributed by atoms with E-state index >= 15 is 0 Å². The monoisotopic (exact) mass is 920 g/mol. The van der Waals surface area contributed by atoms with Gasteiger partial charge in [-0.05, 0) is 101 Å². The van der Waals surface area contributed by atoms with Crippen molar-refractivity contribution in [2.24, 2.45) is 0 Å². The summed E-state index contributed by atoms with van der Waals surface area (Å²) in [5.41, 5.74) is -2.59. The first-order valence-electron chi connectivity index (χ1n) is 21.3. The lowest BCUT2D eigenvalue weighted by Gasteiger charge is -2.44. The van der Waals surface area contributed by atoms with E-state index in [9.17, 15) is 56.1 Å². The van der Waals surface area contributed by atoms with Gasteiger partial charge in [0.25, 0.3) is 11.4 Å². The van der Waals surface area contributed by atoms with Gasteiger partial charge >= 0.3 is 12.4 Å². The second-order valence-corrected chi connectivity index (χ2v) is 17.3. The van der Waals surface area contributed by atoms with Crippen LogP contribution in [0, 0.1) is 26.0 Å². The van der Waals surface area contributed by atoms with E-state index in [0.717, 1.165) is 87.8 Å². The van der Waals surface area contributed by atoms with Crippen LogP contribution in [0.15, 0.2) is 97.1 Å². The Morgan fingerprint density at radius 3 is 1.37 bits per heavy atom. The van der Waals surface area contributed by atoms with Crippen LogP contribution in [0.5, 0.6) is 17.2 Å². The van der Waals surface area contributed by atoms with Crippen LogP contribution in [0.2, 0.25) is 0 Å². The van der Waals surface area contributed by atoms with Crippen molar-refractivity contribution in [1.29, 1.82) is 0 Å². The number of ether oxygens (including phenoxy) is 3. The van der Waals surface area contributed by atoms with Crippen LogP contribution in [-0.2, 0) is 12.4 Å². The Labute approximate surface area is 371 Å². The highest BCUT2D eigenvalue weighted by Gasteiger charge is 2.48. The van der Waals surface area contributed by atoms with Crippen molar-refractivity contribution >= 4 is 11.4 Å². The van der Waals surface area contributed by atoms with Gasteiger partial charge in [-0.15, -0.1) is 0 Å². The highest BCUT2D eigenvalue weighted by Crippen LogP contribution is 2.44. The summed E-state index contributed by atoms with van der Waals surface area (Å²) < 4.78 is 108. The Kier molecular flexibility index (Phi) is 15.3. The fourth-order valence-corrected chi connectivity index (χ4v) is 9.56. The van der Waals surface area contributed by atoms with Gasteiger partial charge in [0.2, 0.25) is 0 Å². The fourth-order valence-electron chi connectivity index (χ4n) is 9.56. The molecule has 4 aliphatic rings. The molecule has 0 amide bonds. The summed E-state index contributed by atoms with van der Waals surface area (Å²) in [7, 11) is 0. The van der Waals surface area contributed by atoms with Crippen molar-refractivity contribution in [2.75, 3.05) is 26.3 Å². The maximum atomic E-state index is 13.2. The standard InChI is InChI=1S/C23H25F3N2O4.C17H22F3NO2.C6H4FNO2/c1-22(32-19-10-8-16(9-11-19)28(29)30)14-17-6-7-18(15-22)27(17)12-13-31-21-5-3-2-4-20(21)23(24,25)26;1-16(22)10-12-6-7-13(11-16)21(12)8-9-23-15-5-3-2-4-14(15)17(18,19)20;7-5-1-3-6(4-2-5)8(9)10/h2-5,8-11,17-18H,6-7,12-15H2,1H3;2-5,12-13,22H,6-11H2,1H3;1-4H/t17-,18+,22?;12-,13+,16?;. The topological polar surface area (TPSA) is 141 Å². The van der Waals surface area contributed by atoms with Crippen molar-refractivity contribution in [1.82, 2.24) is 9.80 Å². The van der Waals surface area contributed by atoms with Crippen LogP contribution < -0.4 is 14.2 Å². The molecule has 0 aromatic heterocycles. The quantitative estimate of drug-likeness (QED) is 0.0829. The van der Waals surface area contributed by atoms with Crippen molar-refractivity contribution in [3.8, 4) is 17.2 Å². The Hall–Kier alpha value is -5.53. The minimum atomic E-state index is -4.45. The number of fused-ring (bicyclic) bond motifs is 4. The predicted molar refractivity (Wildman–Crippen MR) is 225 cm³/mol. The minimum Gasteiger partial charge on any atom is -0.492 e.